The molecular formula is C30H32Br2N4O5. The van der Waals surface area contributed by atoms with E-state index in [0.29, 0.717) is 12.2 Å². The number of imidazole rings is 2. The smallest absolute Gasteiger partial charge is 0.328 e. The lowest BCUT2D eigenvalue weighted by molar-refractivity contribution is -0.134. The molecule has 4 aromatic rings. The summed E-state index contributed by atoms with van der Waals surface area (Å²) in [6, 6.07) is 12.9. The molecule has 0 aliphatic carbocycles. The maximum Gasteiger partial charge on any atom is 0.328 e. The Morgan fingerprint density at radius 1 is 0.805 bits per heavy atom. The zero-order chi connectivity index (χ0) is 29.8. The van der Waals surface area contributed by atoms with Crippen molar-refractivity contribution in [2.75, 3.05) is 0 Å². The Balaban J connectivity index is 0.000000507. The first-order chi connectivity index (χ1) is 19.7. The molecule has 0 bridgehead atoms. The van der Waals surface area contributed by atoms with Gasteiger partial charge in [-0.1, -0.05) is 70.7 Å². The van der Waals surface area contributed by atoms with Crippen molar-refractivity contribution in [3.63, 3.8) is 0 Å². The Bertz CT molecular complexity index is 1330. The summed E-state index contributed by atoms with van der Waals surface area (Å²) < 4.78 is 8.92. The highest BCUT2D eigenvalue weighted by Crippen LogP contribution is 2.38. The van der Waals surface area contributed by atoms with E-state index in [9.17, 15) is 9.59 Å². The lowest BCUT2D eigenvalue weighted by Gasteiger charge is -2.26. The third kappa shape index (κ3) is 9.51. The van der Waals surface area contributed by atoms with E-state index < -0.39 is 11.9 Å². The van der Waals surface area contributed by atoms with E-state index in [1.807, 2.05) is 12.4 Å². The molecule has 0 amide bonds. The van der Waals surface area contributed by atoms with Gasteiger partial charge in [-0.15, -0.1) is 0 Å². The molecule has 41 heavy (non-hydrogen) atoms. The minimum absolute atomic E-state index is 0.000530. The number of carboxylic acid groups (broad SMARTS) is 2. The number of nitrogens with one attached hydrogen (secondary N) is 2. The van der Waals surface area contributed by atoms with Gasteiger partial charge < -0.3 is 24.9 Å². The molecule has 0 saturated heterocycles. The Labute approximate surface area is 255 Å². The van der Waals surface area contributed by atoms with Crippen LogP contribution in [0.5, 0.6) is 0 Å². The standard InChI is InChI=1S/C26H28Br2N4O.C4H4O4/c1-3-5-25(17-7-9-21(27)19(11-17)23-13-29-15-31-23)33-26(6-4-2)18-8-10-22(28)20(12-18)24-14-30-16-32-24;5-3(6)1-2-4(7)8/h7-16,25-26H,3-6H2,1-2H3,(H,29,31)(H,30,32);1-2H,(H,5,6)(H,7,8)/b;2-1-. The summed E-state index contributed by atoms with van der Waals surface area (Å²) in [7, 11) is 0. The summed E-state index contributed by atoms with van der Waals surface area (Å²) in [6.45, 7) is 4.41. The highest BCUT2D eigenvalue weighted by Gasteiger charge is 2.21. The number of carbonyl (C=O) groups is 2. The number of rotatable bonds is 12. The van der Waals surface area contributed by atoms with E-state index in [1.165, 1.54) is 11.1 Å². The molecule has 2 unspecified atom stereocenters. The van der Waals surface area contributed by atoms with E-state index in [4.69, 9.17) is 14.9 Å². The van der Waals surface area contributed by atoms with Gasteiger partial charge >= 0.3 is 11.9 Å². The average molecular weight is 688 g/mol. The monoisotopic (exact) mass is 686 g/mol. The molecule has 11 heteroatoms. The van der Waals surface area contributed by atoms with E-state index >= 15 is 0 Å². The lowest BCUT2D eigenvalue weighted by Crippen LogP contribution is -2.11. The molecule has 0 saturated carbocycles. The Hall–Kier alpha value is -3.54. The van der Waals surface area contributed by atoms with Crippen molar-refractivity contribution in [2.45, 2.75) is 51.7 Å². The predicted octanol–water partition coefficient (Wildman–Crippen LogP) is 8.10. The largest absolute Gasteiger partial charge is 0.478 e. The third-order valence-corrected chi connectivity index (χ3v) is 7.48. The molecule has 2 atom stereocenters. The van der Waals surface area contributed by atoms with Gasteiger partial charge in [-0.3, -0.25) is 0 Å². The molecule has 4 N–H and O–H groups in total. The summed E-state index contributed by atoms with van der Waals surface area (Å²) in [6.07, 6.45) is 12.2. The zero-order valence-electron chi connectivity index (χ0n) is 22.7. The second-order valence-corrected chi connectivity index (χ2v) is 10.8. The Kier molecular flexibility index (Phi) is 12.5. The van der Waals surface area contributed by atoms with Crippen LogP contribution >= 0.6 is 31.9 Å². The molecule has 0 radical (unpaired) electrons. The van der Waals surface area contributed by atoms with Crippen molar-refractivity contribution in [1.82, 2.24) is 19.9 Å². The number of aromatic nitrogens is 4. The van der Waals surface area contributed by atoms with Gasteiger partial charge in [0.25, 0.3) is 0 Å². The fourth-order valence-electron chi connectivity index (χ4n) is 4.20. The van der Waals surface area contributed by atoms with Gasteiger partial charge in [0.15, 0.2) is 0 Å². The SMILES string of the molecule is CCCC(OC(CCC)c1ccc(Br)c(-c2cnc[nH]2)c1)c1ccc(Br)c(-c2cnc[nH]2)c1.O=C(O)/C=C\C(=O)O. The first-order valence-electron chi connectivity index (χ1n) is 13.1. The third-order valence-electron chi connectivity index (χ3n) is 6.10. The van der Waals surface area contributed by atoms with E-state index in [2.05, 4.69) is 102 Å². The normalized spacial score (nSPS) is 12.5. The van der Waals surface area contributed by atoms with Gasteiger partial charge in [0, 0.05) is 32.2 Å². The van der Waals surface area contributed by atoms with Crippen LogP contribution < -0.4 is 0 Å². The summed E-state index contributed by atoms with van der Waals surface area (Å²) >= 11 is 7.37. The molecule has 0 fully saturated rings. The van der Waals surface area contributed by atoms with Crippen LogP contribution in [-0.2, 0) is 14.3 Å². The molecular weight excluding hydrogens is 656 g/mol. The van der Waals surface area contributed by atoms with Gasteiger partial charge in [-0.2, -0.15) is 0 Å². The Morgan fingerprint density at radius 2 is 1.22 bits per heavy atom. The van der Waals surface area contributed by atoms with Crippen LogP contribution in [-0.4, -0.2) is 42.1 Å². The van der Waals surface area contributed by atoms with Gasteiger partial charge in [0.05, 0.1) is 48.6 Å². The van der Waals surface area contributed by atoms with Crippen LogP contribution in [0.3, 0.4) is 0 Å². The average Bonchev–Trinajstić information content (AvgIpc) is 3.68. The number of ether oxygens (including phenoxy) is 1. The number of benzene rings is 2. The maximum absolute atomic E-state index is 9.55. The van der Waals surface area contributed by atoms with Crippen molar-refractivity contribution in [1.29, 1.82) is 0 Å². The number of hydrogen-bond donors (Lipinski definition) is 4. The number of carboxylic acids is 2. The van der Waals surface area contributed by atoms with Crippen molar-refractivity contribution >= 4 is 43.8 Å². The molecule has 0 spiro atoms. The van der Waals surface area contributed by atoms with Gasteiger partial charge in [-0.05, 0) is 48.2 Å². The quantitative estimate of drug-likeness (QED) is 0.110. The molecule has 4 rings (SSSR count). The number of nitrogens with zero attached hydrogens (tertiary/aromatic N) is 2. The molecule has 2 heterocycles. The number of aromatic amines is 2. The lowest BCUT2D eigenvalue weighted by atomic mass is 9.98. The van der Waals surface area contributed by atoms with E-state index in [-0.39, 0.29) is 12.2 Å². The molecule has 216 valence electrons. The highest BCUT2D eigenvalue weighted by molar-refractivity contribution is 9.11. The minimum Gasteiger partial charge on any atom is -0.478 e. The van der Waals surface area contributed by atoms with E-state index in [0.717, 1.165) is 57.1 Å². The second-order valence-electron chi connectivity index (χ2n) is 9.11. The van der Waals surface area contributed by atoms with Gasteiger partial charge in [-0.25, -0.2) is 19.6 Å². The van der Waals surface area contributed by atoms with Crippen LogP contribution in [0.25, 0.3) is 22.5 Å². The predicted molar refractivity (Wildman–Crippen MR) is 164 cm³/mol. The van der Waals surface area contributed by atoms with E-state index in [1.54, 1.807) is 12.7 Å². The second kappa shape index (κ2) is 16.0. The summed E-state index contributed by atoms with van der Waals surface area (Å²) in [4.78, 5) is 33.9. The van der Waals surface area contributed by atoms with Gasteiger partial charge in [0.1, 0.15) is 0 Å². The molecule has 2 aromatic heterocycles. The van der Waals surface area contributed by atoms with Crippen molar-refractivity contribution in [3.05, 3.63) is 93.7 Å². The van der Waals surface area contributed by atoms with Crippen LogP contribution in [0.15, 0.2) is 82.5 Å². The topological polar surface area (TPSA) is 141 Å². The van der Waals surface area contributed by atoms with Crippen molar-refractivity contribution in [3.8, 4) is 22.5 Å². The fraction of sp³-hybridized carbons (Fsp3) is 0.267. The number of hydrogen-bond acceptors (Lipinski definition) is 5. The highest BCUT2D eigenvalue weighted by atomic mass is 79.9. The Morgan fingerprint density at radius 3 is 1.54 bits per heavy atom. The van der Waals surface area contributed by atoms with Crippen molar-refractivity contribution < 1.29 is 24.5 Å². The molecule has 0 aliphatic heterocycles. The molecule has 2 aromatic carbocycles. The van der Waals surface area contributed by atoms with Crippen LogP contribution in [0.1, 0.15) is 62.9 Å². The minimum atomic E-state index is -1.26. The van der Waals surface area contributed by atoms with Crippen LogP contribution in [0, 0.1) is 0 Å². The molecule has 0 aliphatic rings. The maximum atomic E-state index is 9.55. The summed E-state index contributed by atoms with van der Waals surface area (Å²) in [5.41, 5.74) is 6.51. The molecule has 9 nitrogen and oxygen atoms in total. The summed E-state index contributed by atoms with van der Waals surface area (Å²) in [5, 5.41) is 15.6. The van der Waals surface area contributed by atoms with Crippen molar-refractivity contribution in [2.24, 2.45) is 0 Å². The van der Waals surface area contributed by atoms with Crippen LogP contribution in [0.4, 0.5) is 0 Å². The van der Waals surface area contributed by atoms with Gasteiger partial charge in [0.2, 0.25) is 0 Å². The first-order valence-corrected chi connectivity index (χ1v) is 14.7. The first kappa shape index (κ1) is 32.0. The van der Waals surface area contributed by atoms with Crippen LogP contribution in [0.2, 0.25) is 0 Å². The number of aliphatic carboxylic acids is 2. The zero-order valence-corrected chi connectivity index (χ0v) is 25.9. The fourth-order valence-corrected chi connectivity index (χ4v) is 5.12. The summed E-state index contributed by atoms with van der Waals surface area (Å²) in [5.74, 6) is -2.51. The number of halogens is 2. The number of H-pyrrole nitrogens is 2.